The molecule has 0 spiro atoms. The van der Waals surface area contributed by atoms with Crippen LogP contribution < -0.4 is 0 Å². The summed E-state index contributed by atoms with van der Waals surface area (Å²) in [6.07, 6.45) is 9.83. The molecule has 2 fully saturated rings. The van der Waals surface area contributed by atoms with Gasteiger partial charge in [0.1, 0.15) is 5.78 Å². The van der Waals surface area contributed by atoms with Crippen molar-refractivity contribution in [2.24, 2.45) is 17.8 Å². The van der Waals surface area contributed by atoms with E-state index in [0.29, 0.717) is 11.7 Å². The number of Topliss-reactive ketones (excluding diaryl/α,β-unsaturated/α-hetero) is 1. The zero-order chi connectivity index (χ0) is 14.5. The molecule has 2 heteroatoms. The van der Waals surface area contributed by atoms with Gasteiger partial charge in [-0.15, -0.1) is 0 Å². The Hall–Kier alpha value is -0.370. The van der Waals surface area contributed by atoms with E-state index >= 15 is 0 Å². The van der Waals surface area contributed by atoms with Crippen LogP contribution in [0.3, 0.4) is 0 Å². The van der Waals surface area contributed by atoms with E-state index in [9.17, 15) is 4.79 Å². The summed E-state index contributed by atoms with van der Waals surface area (Å²) in [7, 11) is 0. The van der Waals surface area contributed by atoms with Gasteiger partial charge in [0.05, 0.1) is 0 Å². The molecule has 0 radical (unpaired) electrons. The van der Waals surface area contributed by atoms with Crippen molar-refractivity contribution in [2.45, 2.75) is 78.2 Å². The van der Waals surface area contributed by atoms with Crippen molar-refractivity contribution in [2.75, 3.05) is 13.1 Å². The molecule has 0 aromatic rings. The smallest absolute Gasteiger partial charge is 0.137 e. The second-order valence-electron chi connectivity index (χ2n) is 7.66. The van der Waals surface area contributed by atoms with Crippen molar-refractivity contribution in [1.29, 1.82) is 0 Å². The number of hydrogen-bond donors (Lipinski definition) is 0. The Labute approximate surface area is 125 Å². The molecule has 20 heavy (non-hydrogen) atoms. The SMILES string of the molecule is CC(C)CCN(CC1CC(C)CCC1=O)C1CCCC1. The quantitative estimate of drug-likeness (QED) is 0.723. The van der Waals surface area contributed by atoms with Gasteiger partial charge >= 0.3 is 0 Å². The Morgan fingerprint density at radius 1 is 1.20 bits per heavy atom. The summed E-state index contributed by atoms with van der Waals surface area (Å²) in [6.45, 7) is 9.16. The number of carbonyl (C=O) groups is 1. The molecule has 0 aliphatic heterocycles. The third kappa shape index (κ3) is 4.58. The van der Waals surface area contributed by atoms with Gasteiger partial charge < -0.3 is 0 Å². The lowest BCUT2D eigenvalue weighted by molar-refractivity contribution is -0.126. The topological polar surface area (TPSA) is 20.3 Å². The molecule has 2 nitrogen and oxygen atoms in total. The van der Waals surface area contributed by atoms with Crippen molar-refractivity contribution in [1.82, 2.24) is 4.90 Å². The first-order chi connectivity index (χ1) is 9.56. The van der Waals surface area contributed by atoms with Gasteiger partial charge in [0.15, 0.2) is 0 Å². The van der Waals surface area contributed by atoms with Crippen LogP contribution >= 0.6 is 0 Å². The fourth-order valence-corrected chi connectivity index (χ4v) is 3.90. The Kier molecular flexibility index (Phi) is 6.07. The van der Waals surface area contributed by atoms with Gasteiger partial charge in [-0.25, -0.2) is 0 Å². The van der Waals surface area contributed by atoms with E-state index in [1.165, 1.54) is 38.6 Å². The van der Waals surface area contributed by atoms with Gasteiger partial charge in [-0.1, -0.05) is 33.6 Å². The highest BCUT2D eigenvalue weighted by molar-refractivity contribution is 5.81. The maximum absolute atomic E-state index is 12.2. The second-order valence-corrected chi connectivity index (χ2v) is 7.66. The Morgan fingerprint density at radius 3 is 2.55 bits per heavy atom. The zero-order valence-electron chi connectivity index (χ0n) is 13.7. The minimum absolute atomic E-state index is 0.325. The molecule has 0 heterocycles. The van der Waals surface area contributed by atoms with Crippen LogP contribution in [0, 0.1) is 17.8 Å². The molecule has 2 atom stereocenters. The highest BCUT2D eigenvalue weighted by atomic mass is 16.1. The summed E-state index contributed by atoms with van der Waals surface area (Å²) in [6, 6.07) is 0.763. The largest absolute Gasteiger partial charge is 0.300 e. The Morgan fingerprint density at radius 2 is 1.90 bits per heavy atom. The molecule has 0 aromatic heterocycles. The minimum Gasteiger partial charge on any atom is -0.300 e. The molecule has 2 aliphatic carbocycles. The second kappa shape index (κ2) is 7.59. The summed E-state index contributed by atoms with van der Waals surface area (Å²) >= 11 is 0. The van der Waals surface area contributed by atoms with Gasteiger partial charge in [0.25, 0.3) is 0 Å². The predicted octanol–water partition coefficient (Wildman–Crippen LogP) is 4.28. The first-order valence-electron chi connectivity index (χ1n) is 8.83. The van der Waals surface area contributed by atoms with Crippen molar-refractivity contribution in [3.63, 3.8) is 0 Å². The molecule has 0 N–H and O–H groups in total. The highest BCUT2D eigenvalue weighted by Crippen LogP contribution is 2.30. The van der Waals surface area contributed by atoms with E-state index in [4.69, 9.17) is 0 Å². The average molecular weight is 279 g/mol. The van der Waals surface area contributed by atoms with E-state index < -0.39 is 0 Å². The third-order valence-electron chi connectivity index (χ3n) is 5.32. The van der Waals surface area contributed by atoms with Crippen molar-refractivity contribution >= 4 is 5.78 Å². The third-order valence-corrected chi connectivity index (χ3v) is 5.32. The zero-order valence-corrected chi connectivity index (χ0v) is 13.7. The van der Waals surface area contributed by atoms with Gasteiger partial charge in [0, 0.05) is 24.9 Å². The Bertz CT molecular complexity index is 307. The molecule has 2 saturated carbocycles. The van der Waals surface area contributed by atoms with Crippen LogP contribution in [0.5, 0.6) is 0 Å². The van der Waals surface area contributed by atoms with Crippen molar-refractivity contribution in [3.8, 4) is 0 Å². The van der Waals surface area contributed by atoms with Crippen LogP contribution in [0.2, 0.25) is 0 Å². The fourth-order valence-electron chi connectivity index (χ4n) is 3.90. The van der Waals surface area contributed by atoms with Crippen LogP contribution in [0.1, 0.15) is 72.1 Å². The summed E-state index contributed by atoms with van der Waals surface area (Å²) < 4.78 is 0. The molecular formula is C18H33NO. The standard InChI is InChI=1S/C18H33NO/c1-14(2)10-11-19(17-6-4-5-7-17)13-16-12-15(3)8-9-18(16)20/h14-17H,4-13H2,1-3H3. The first-order valence-corrected chi connectivity index (χ1v) is 8.83. The van der Waals surface area contributed by atoms with Crippen LogP contribution in [-0.2, 0) is 4.79 Å². The van der Waals surface area contributed by atoms with Crippen molar-refractivity contribution in [3.05, 3.63) is 0 Å². The molecule has 0 aromatic carbocycles. The maximum Gasteiger partial charge on any atom is 0.137 e. The molecular weight excluding hydrogens is 246 g/mol. The van der Waals surface area contributed by atoms with Crippen LogP contribution in [-0.4, -0.2) is 29.8 Å². The highest BCUT2D eigenvalue weighted by Gasteiger charge is 2.31. The van der Waals surface area contributed by atoms with Gasteiger partial charge in [-0.05, 0) is 50.5 Å². The number of hydrogen-bond acceptors (Lipinski definition) is 2. The lowest BCUT2D eigenvalue weighted by atomic mass is 9.81. The summed E-state index contributed by atoms with van der Waals surface area (Å²) in [5, 5.41) is 0. The fraction of sp³-hybridized carbons (Fsp3) is 0.944. The van der Waals surface area contributed by atoms with E-state index in [2.05, 4.69) is 25.7 Å². The van der Waals surface area contributed by atoms with Crippen LogP contribution in [0.15, 0.2) is 0 Å². The summed E-state index contributed by atoms with van der Waals surface area (Å²) in [5.74, 6) is 2.37. The maximum atomic E-state index is 12.2. The number of ketones is 1. The van der Waals surface area contributed by atoms with E-state index in [1.807, 2.05) is 0 Å². The molecule has 0 bridgehead atoms. The van der Waals surface area contributed by atoms with Gasteiger partial charge in [0.2, 0.25) is 0 Å². The lowest BCUT2D eigenvalue weighted by Crippen LogP contribution is -2.42. The number of carbonyl (C=O) groups excluding carboxylic acids is 1. The molecule has 0 saturated heterocycles. The average Bonchev–Trinajstić information content (AvgIpc) is 2.92. The van der Waals surface area contributed by atoms with Crippen LogP contribution in [0.4, 0.5) is 0 Å². The monoisotopic (exact) mass is 279 g/mol. The normalized spacial score (nSPS) is 28.8. The molecule has 116 valence electrons. The van der Waals surface area contributed by atoms with Crippen molar-refractivity contribution < 1.29 is 4.79 Å². The lowest BCUT2D eigenvalue weighted by Gasteiger charge is -2.35. The summed E-state index contributed by atoms with van der Waals surface area (Å²) in [4.78, 5) is 14.9. The number of nitrogens with zero attached hydrogens (tertiary/aromatic N) is 1. The van der Waals surface area contributed by atoms with Gasteiger partial charge in [-0.2, -0.15) is 0 Å². The molecule has 2 aliphatic rings. The van der Waals surface area contributed by atoms with E-state index in [0.717, 1.165) is 43.7 Å². The molecule has 2 unspecified atom stereocenters. The predicted molar refractivity (Wildman–Crippen MR) is 84.8 cm³/mol. The Balaban J connectivity index is 1.92. The van der Waals surface area contributed by atoms with E-state index in [-0.39, 0.29) is 0 Å². The molecule has 2 rings (SSSR count). The summed E-state index contributed by atoms with van der Waals surface area (Å²) in [5.41, 5.74) is 0. The van der Waals surface area contributed by atoms with Crippen LogP contribution in [0.25, 0.3) is 0 Å². The van der Waals surface area contributed by atoms with Gasteiger partial charge in [-0.3, -0.25) is 9.69 Å². The molecule has 0 amide bonds. The number of rotatable bonds is 6. The van der Waals surface area contributed by atoms with E-state index in [1.54, 1.807) is 0 Å². The first kappa shape index (κ1) is 16.0. The minimum atomic E-state index is 0.325.